The summed E-state index contributed by atoms with van der Waals surface area (Å²) in [5.74, 6) is 1.14. The molecule has 0 aliphatic carbocycles. The maximum absolute atomic E-state index is 11.4. The molecule has 0 saturated carbocycles. The van der Waals surface area contributed by atoms with E-state index in [0.29, 0.717) is 24.7 Å². The number of carbonyl (C=O) groups is 1. The van der Waals surface area contributed by atoms with Crippen LogP contribution in [-0.4, -0.2) is 45.5 Å². The molecular formula is C15H21N7O. The van der Waals surface area contributed by atoms with E-state index in [2.05, 4.69) is 35.9 Å². The van der Waals surface area contributed by atoms with Crippen molar-refractivity contribution < 1.29 is 4.79 Å². The van der Waals surface area contributed by atoms with Gasteiger partial charge in [-0.1, -0.05) is 0 Å². The third kappa shape index (κ3) is 4.87. The van der Waals surface area contributed by atoms with Crippen LogP contribution in [0, 0.1) is 0 Å². The summed E-state index contributed by atoms with van der Waals surface area (Å²) in [4.78, 5) is 28.2. The minimum Gasteiger partial charge on any atom is -0.369 e. The lowest BCUT2D eigenvalue weighted by molar-refractivity contribution is -0.120. The van der Waals surface area contributed by atoms with Crippen LogP contribution in [0.3, 0.4) is 0 Å². The molecule has 0 atom stereocenters. The molecule has 23 heavy (non-hydrogen) atoms. The van der Waals surface area contributed by atoms with Crippen molar-refractivity contribution in [2.24, 2.45) is 0 Å². The average molecular weight is 315 g/mol. The van der Waals surface area contributed by atoms with E-state index in [1.807, 2.05) is 13.8 Å². The molecule has 122 valence electrons. The van der Waals surface area contributed by atoms with E-state index in [1.165, 1.54) is 6.33 Å². The number of carbonyl (C=O) groups excluding carboxylic acids is 1. The number of nitrogens with zero attached hydrogens (tertiary/aromatic N) is 4. The molecule has 3 N–H and O–H groups in total. The quantitative estimate of drug-likeness (QED) is 0.707. The highest BCUT2D eigenvalue weighted by Gasteiger charge is 2.11. The third-order valence-electron chi connectivity index (χ3n) is 3.00. The molecule has 8 nitrogen and oxygen atoms in total. The van der Waals surface area contributed by atoms with Gasteiger partial charge in [-0.05, 0) is 13.8 Å². The molecular weight excluding hydrogens is 294 g/mol. The smallest absolute Gasteiger partial charge is 0.224 e. The standard InChI is InChI=1S/C15H21N7O/c1-10(2)21-15-20-8-12(11-6-17-9-18-7-11)14(22-15)19-5-4-13(23)16-3/h6-10H,4-5H2,1-3H3,(H,16,23)(H2,19,20,21,22). The van der Waals surface area contributed by atoms with E-state index < -0.39 is 0 Å². The second kappa shape index (κ2) is 8.02. The Kier molecular flexibility index (Phi) is 5.79. The Morgan fingerprint density at radius 3 is 2.61 bits per heavy atom. The lowest BCUT2D eigenvalue weighted by atomic mass is 10.1. The van der Waals surface area contributed by atoms with E-state index in [1.54, 1.807) is 25.6 Å². The van der Waals surface area contributed by atoms with Crippen molar-refractivity contribution in [3.8, 4) is 11.1 Å². The topological polar surface area (TPSA) is 105 Å². The molecule has 0 aromatic carbocycles. The van der Waals surface area contributed by atoms with Crippen LogP contribution in [0.15, 0.2) is 24.9 Å². The predicted octanol–water partition coefficient (Wildman–Crippen LogP) is 1.30. The minimum atomic E-state index is -0.0309. The first kappa shape index (κ1) is 16.6. The monoisotopic (exact) mass is 315 g/mol. The van der Waals surface area contributed by atoms with Gasteiger partial charge in [0.15, 0.2) is 0 Å². The minimum absolute atomic E-state index is 0.0309. The zero-order valence-electron chi connectivity index (χ0n) is 13.5. The van der Waals surface area contributed by atoms with Gasteiger partial charge in [0.05, 0.1) is 0 Å². The fraction of sp³-hybridized carbons (Fsp3) is 0.400. The normalized spacial score (nSPS) is 10.4. The number of aromatic nitrogens is 4. The predicted molar refractivity (Wildman–Crippen MR) is 89.0 cm³/mol. The Labute approximate surface area is 135 Å². The van der Waals surface area contributed by atoms with Crippen molar-refractivity contribution in [3.05, 3.63) is 24.9 Å². The number of hydrogen-bond donors (Lipinski definition) is 3. The largest absolute Gasteiger partial charge is 0.369 e. The highest BCUT2D eigenvalue weighted by atomic mass is 16.1. The van der Waals surface area contributed by atoms with Crippen LogP contribution in [0.2, 0.25) is 0 Å². The Morgan fingerprint density at radius 1 is 1.22 bits per heavy atom. The zero-order valence-corrected chi connectivity index (χ0v) is 13.5. The zero-order chi connectivity index (χ0) is 16.7. The first-order chi connectivity index (χ1) is 11.1. The SMILES string of the molecule is CNC(=O)CCNc1nc(NC(C)C)ncc1-c1cncnc1. The van der Waals surface area contributed by atoms with E-state index >= 15 is 0 Å². The molecule has 0 saturated heterocycles. The van der Waals surface area contributed by atoms with Crippen molar-refractivity contribution in [1.82, 2.24) is 25.3 Å². The molecule has 0 unspecified atom stereocenters. The Morgan fingerprint density at radius 2 is 1.96 bits per heavy atom. The summed E-state index contributed by atoms with van der Waals surface area (Å²) in [5.41, 5.74) is 1.60. The van der Waals surface area contributed by atoms with E-state index in [4.69, 9.17) is 0 Å². The summed E-state index contributed by atoms with van der Waals surface area (Å²) in [7, 11) is 1.62. The first-order valence-electron chi connectivity index (χ1n) is 7.43. The summed E-state index contributed by atoms with van der Waals surface area (Å²) in [6, 6.07) is 0.222. The van der Waals surface area contributed by atoms with Gasteiger partial charge < -0.3 is 16.0 Å². The number of rotatable bonds is 7. The van der Waals surface area contributed by atoms with Gasteiger partial charge in [-0.2, -0.15) is 4.98 Å². The van der Waals surface area contributed by atoms with Gasteiger partial charge in [-0.3, -0.25) is 4.79 Å². The van der Waals surface area contributed by atoms with Gasteiger partial charge >= 0.3 is 0 Å². The number of anilines is 2. The van der Waals surface area contributed by atoms with E-state index in [-0.39, 0.29) is 11.9 Å². The molecule has 0 spiro atoms. The lowest BCUT2D eigenvalue weighted by Gasteiger charge is -2.14. The fourth-order valence-corrected chi connectivity index (χ4v) is 1.91. The molecule has 0 aliphatic rings. The molecule has 0 fully saturated rings. The number of nitrogens with one attached hydrogen (secondary N) is 3. The highest BCUT2D eigenvalue weighted by Crippen LogP contribution is 2.25. The van der Waals surface area contributed by atoms with Crippen molar-refractivity contribution >= 4 is 17.7 Å². The average Bonchev–Trinajstić information content (AvgIpc) is 2.55. The molecule has 0 radical (unpaired) electrons. The van der Waals surface area contributed by atoms with Gasteiger partial charge in [0.1, 0.15) is 12.1 Å². The summed E-state index contributed by atoms with van der Waals surface area (Å²) >= 11 is 0. The van der Waals surface area contributed by atoms with Gasteiger partial charge in [0.2, 0.25) is 11.9 Å². The lowest BCUT2D eigenvalue weighted by Crippen LogP contribution is -2.21. The highest BCUT2D eigenvalue weighted by molar-refractivity contribution is 5.77. The fourth-order valence-electron chi connectivity index (χ4n) is 1.91. The molecule has 0 bridgehead atoms. The molecule has 0 aliphatic heterocycles. The third-order valence-corrected chi connectivity index (χ3v) is 3.00. The second-order valence-corrected chi connectivity index (χ2v) is 5.23. The van der Waals surface area contributed by atoms with E-state index in [9.17, 15) is 4.79 Å². The summed E-state index contributed by atoms with van der Waals surface area (Å²) in [6.45, 7) is 4.50. The van der Waals surface area contributed by atoms with Crippen molar-refractivity contribution in [1.29, 1.82) is 0 Å². The van der Waals surface area contributed by atoms with Gasteiger partial charge in [-0.25, -0.2) is 15.0 Å². The van der Waals surface area contributed by atoms with Gasteiger partial charge in [-0.15, -0.1) is 0 Å². The van der Waals surface area contributed by atoms with Crippen molar-refractivity contribution in [3.63, 3.8) is 0 Å². The van der Waals surface area contributed by atoms with Crippen molar-refractivity contribution in [2.75, 3.05) is 24.2 Å². The van der Waals surface area contributed by atoms with Crippen LogP contribution >= 0.6 is 0 Å². The van der Waals surface area contributed by atoms with Crippen LogP contribution in [0.5, 0.6) is 0 Å². The maximum Gasteiger partial charge on any atom is 0.224 e. The first-order valence-corrected chi connectivity index (χ1v) is 7.43. The molecule has 8 heteroatoms. The van der Waals surface area contributed by atoms with Crippen LogP contribution in [-0.2, 0) is 4.79 Å². The molecule has 2 heterocycles. The Hall–Kier alpha value is -2.77. The number of amides is 1. The van der Waals surface area contributed by atoms with Crippen LogP contribution in [0.25, 0.3) is 11.1 Å². The van der Waals surface area contributed by atoms with Crippen LogP contribution in [0.4, 0.5) is 11.8 Å². The van der Waals surface area contributed by atoms with Crippen LogP contribution < -0.4 is 16.0 Å². The molecule has 2 rings (SSSR count). The van der Waals surface area contributed by atoms with Crippen molar-refractivity contribution in [2.45, 2.75) is 26.3 Å². The Balaban J connectivity index is 2.24. The van der Waals surface area contributed by atoms with Gasteiger partial charge in [0.25, 0.3) is 0 Å². The molecule has 2 aromatic rings. The summed E-state index contributed by atoms with van der Waals surface area (Å²) in [5, 5.41) is 8.94. The van der Waals surface area contributed by atoms with Gasteiger partial charge in [0, 0.05) is 55.8 Å². The molecule has 1 amide bonds. The Bertz CT molecular complexity index is 646. The summed E-state index contributed by atoms with van der Waals surface area (Å²) < 4.78 is 0. The number of hydrogen-bond acceptors (Lipinski definition) is 7. The summed E-state index contributed by atoms with van der Waals surface area (Å²) in [6.07, 6.45) is 6.95. The van der Waals surface area contributed by atoms with Crippen LogP contribution in [0.1, 0.15) is 20.3 Å². The van der Waals surface area contributed by atoms with E-state index in [0.717, 1.165) is 11.1 Å². The maximum atomic E-state index is 11.4. The second-order valence-electron chi connectivity index (χ2n) is 5.23. The molecule has 2 aromatic heterocycles.